The average molecular weight is 461 g/mol. The van der Waals surface area contributed by atoms with E-state index in [0.717, 1.165) is 29.5 Å². The lowest BCUT2D eigenvalue weighted by Gasteiger charge is -2.15. The molecule has 1 fully saturated rings. The number of nitrogens with zero attached hydrogens (tertiary/aromatic N) is 3. The van der Waals surface area contributed by atoms with Crippen LogP contribution in [0.5, 0.6) is 0 Å². The van der Waals surface area contributed by atoms with Crippen LogP contribution in [0.2, 0.25) is 5.02 Å². The van der Waals surface area contributed by atoms with Gasteiger partial charge >= 0.3 is 0 Å². The van der Waals surface area contributed by atoms with E-state index >= 15 is 0 Å². The number of aromatic nitrogens is 3. The summed E-state index contributed by atoms with van der Waals surface area (Å²) in [6.45, 7) is 5.87. The maximum Gasteiger partial charge on any atom is 0.260 e. The van der Waals surface area contributed by atoms with Crippen molar-refractivity contribution in [3.63, 3.8) is 0 Å². The van der Waals surface area contributed by atoms with Crippen molar-refractivity contribution in [3.8, 4) is 22.3 Å². The fourth-order valence-electron chi connectivity index (χ4n) is 4.34. The summed E-state index contributed by atoms with van der Waals surface area (Å²) in [5.74, 6) is 0.507. The van der Waals surface area contributed by atoms with Crippen LogP contribution in [0, 0.1) is 6.92 Å². The number of rotatable bonds is 5. The van der Waals surface area contributed by atoms with Gasteiger partial charge in [0.25, 0.3) is 5.56 Å². The molecule has 0 aliphatic carbocycles. The molecule has 1 atom stereocenters. The molecule has 4 aromatic rings. The van der Waals surface area contributed by atoms with Crippen LogP contribution in [-0.4, -0.2) is 33.8 Å². The molecule has 1 N–H and O–H groups in total. The zero-order valence-corrected chi connectivity index (χ0v) is 19.4. The maximum absolute atomic E-state index is 13.4. The number of ether oxygens (including phenoxy) is 1. The molecule has 0 saturated carbocycles. The molecule has 7 heteroatoms. The summed E-state index contributed by atoms with van der Waals surface area (Å²) in [6.07, 6.45) is 2.67. The highest BCUT2D eigenvalue weighted by Crippen LogP contribution is 2.33. The Bertz CT molecular complexity index is 1390. The molecular formula is C26H25ClN4O2. The Morgan fingerprint density at radius 1 is 1.15 bits per heavy atom. The van der Waals surface area contributed by atoms with Gasteiger partial charge in [0.1, 0.15) is 5.65 Å². The normalized spacial score (nSPS) is 15.8. The van der Waals surface area contributed by atoms with Crippen LogP contribution in [0.1, 0.15) is 18.9 Å². The number of pyridine rings is 1. The Kier molecular flexibility index (Phi) is 5.87. The summed E-state index contributed by atoms with van der Waals surface area (Å²) in [7, 11) is 0. The van der Waals surface area contributed by atoms with Gasteiger partial charge < -0.3 is 10.1 Å². The topological polar surface area (TPSA) is 69.0 Å². The number of halogens is 1. The highest BCUT2D eigenvalue weighted by atomic mass is 35.5. The summed E-state index contributed by atoms with van der Waals surface area (Å²) in [5, 5.41) is 4.63. The van der Waals surface area contributed by atoms with E-state index in [0.29, 0.717) is 40.9 Å². The first-order valence-corrected chi connectivity index (χ1v) is 11.5. The molecule has 3 heterocycles. The predicted molar refractivity (Wildman–Crippen MR) is 133 cm³/mol. The van der Waals surface area contributed by atoms with Gasteiger partial charge in [-0.1, -0.05) is 48.0 Å². The summed E-state index contributed by atoms with van der Waals surface area (Å²) in [6, 6.07) is 16.0. The molecule has 1 aliphatic heterocycles. The third kappa shape index (κ3) is 4.12. The van der Waals surface area contributed by atoms with Crippen molar-refractivity contribution >= 4 is 28.6 Å². The molecule has 2 aromatic heterocycles. The number of hydrogen-bond donors (Lipinski definition) is 1. The number of hydrogen-bond acceptors (Lipinski definition) is 5. The summed E-state index contributed by atoms with van der Waals surface area (Å²) in [4.78, 5) is 22.5. The Morgan fingerprint density at radius 3 is 2.73 bits per heavy atom. The van der Waals surface area contributed by atoms with E-state index in [4.69, 9.17) is 16.3 Å². The van der Waals surface area contributed by atoms with Crippen molar-refractivity contribution in [1.82, 2.24) is 14.5 Å². The first kappa shape index (κ1) is 21.6. The molecule has 33 heavy (non-hydrogen) atoms. The van der Waals surface area contributed by atoms with Crippen LogP contribution in [0.25, 0.3) is 33.3 Å². The summed E-state index contributed by atoms with van der Waals surface area (Å²) in [5.41, 5.74) is 5.04. The van der Waals surface area contributed by atoms with Crippen molar-refractivity contribution in [1.29, 1.82) is 0 Å². The zero-order valence-electron chi connectivity index (χ0n) is 18.6. The predicted octanol–water partition coefficient (Wildman–Crippen LogP) is 5.31. The molecule has 0 bridgehead atoms. The third-order valence-electron chi connectivity index (χ3n) is 6.12. The maximum atomic E-state index is 13.4. The van der Waals surface area contributed by atoms with Gasteiger partial charge in [-0.15, -0.1) is 0 Å². The van der Waals surface area contributed by atoms with E-state index in [-0.39, 0.29) is 11.6 Å². The fraction of sp³-hybridized carbons (Fsp3) is 0.269. The Balaban J connectivity index is 1.57. The van der Waals surface area contributed by atoms with Crippen molar-refractivity contribution in [2.75, 3.05) is 18.5 Å². The highest BCUT2D eigenvalue weighted by molar-refractivity contribution is 6.33. The molecule has 1 aliphatic rings. The number of anilines is 1. The molecule has 0 spiro atoms. The summed E-state index contributed by atoms with van der Waals surface area (Å²) >= 11 is 6.70. The minimum absolute atomic E-state index is 0.121. The van der Waals surface area contributed by atoms with Gasteiger partial charge in [-0.3, -0.25) is 9.36 Å². The molecule has 0 unspecified atom stereocenters. The van der Waals surface area contributed by atoms with Gasteiger partial charge in [0, 0.05) is 40.9 Å². The van der Waals surface area contributed by atoms with Crippen LogP contribution in [-0.2, 0) is 11.3 Å². The summed E-state index contributed by atoms with van der Waals surface area (Å²) < 4.78 is 7.09. The number of fused-ring (bicyclic) bond motifs is 1. The molecule has 0 amide bonds. The third-order valence-corrected chi connectivity index (χ3v) is 6.43. The van der Waals surface area contributed by atoms with Crippen LogP contribution < -0.4 is 10.9 Å². The van der Waals surface area contributed by atoms with Crippen LogP contribution in [0.3, 0.4) is 0 Å². The quantitative estimate of drug-likeness (QED) is 0.437. The molecule has 1 saturated heterocycles. The van der Waals surface area contributed by atoms with E-state index in [9.17, 15) is 4.79 Å². The van der Waals surface area contributed by atoms with E-state index in [1.54, 1.807) is 10.8 Å². The lowest BCUT2D eigenvalue weighted by Crippen LogP contribution is -2.24. The van der Waals surface area contributed by atoms with E-state index in [2.05, 4.69) is 34.3 Å². The molecule has 5 rings (SSSR count). The van der Waals surface area contributed by atoms with Crippen molar-refractivity contribution in [2.24, 2.45) is 0 Å². The van der Waals surface area contributed by atoms with Gasteiger partial charge in [0.05, 0.1) is 12.6 Å². The lowest BCUT2D eigenvalue weighted by atomic mass is 9.97. The molecule has 6 nitrogen and oxygen atoms in total. The lowest BCUT2D eigenvalue weighted by molar-refractivity contribution is 0.195. The first-order valence-electron chi connectivity index (χ1n) is 11.2. The Morgan fingerprint density at radius 2 is 2.00 bits per heavy atom. The largest absolute Gasteiger partial charge is 0.379 e. The molecule has 0 radical (unpaired) electrons. The molecular weight excluding hydrogens is 436 g/mol. The van der Waals surface area contributed by atoms with Gasteiger partial charge in [0.2, 0.25) is 5.95 Å². The first-order chi connectivity index (χ1) is 16.0. The molecule has 2 aromatic carbocycles. The Labute approximate surface area is 197 Å². The van der Waals surface area contributed by atoms with E-state index < -0.39 is 0 Å². The van der Waals surface area contributed by atoms with E-state index in [1.165, 1.54) is 5.56 Å². The van der Waals surface area contributed by atoms with Gasteiger partial charge in [-0.2, -0.15) is 4.98 Å². The van der Waals surface area contributed by atoms with Crippen molar-refractivity contribution in [3.05, 3.63) is 75.7 Å². The fourth-order valence-corrected chi connectivity index (χ4v) is 4.63. The van der Waals surface area contributed by atoms with Crippen LogP contribution >= 0.6 is 11.6 Å². The van der Waals surface area contributed by atoms with Gasteiger partial charge in [-0.25, -0.2) is 4.98 Å². The second-order valence-corrected chi connectivity index (χ2v) is 8.70. The number of nitrogens with one attached hydrogen (secondary N) is 1. The number of benzene rings is 2. The van der Waals surface area contributed by atoms with Crippen LogP contribution in [0.4, 0.5) is 5.95 Å². The minimum atomic E-state index is -0.121. The van der Waals surface area contributed by atoms with Crippen LogP contribution in [0.15, 0.2) is 59.5 Å². The highest BCUT2D eigenvalue weighted by Gasteiger charge is 2.18. The van der Waals surface area contributed by atoms with E-state index in [1.807, 2.05) is 43.3 Å². The number of aryl methyl sites for hydroxylation is 2. The second kappa shape index (κ2) is 8.96. The second-order valence-electron chi connectivity index (χ2n) is 8.29. The van der Waals surface area contributed by atoms with Gasteiger partial charge in [0.15, 0.2) is 0 Å². The SMILES string of the molecule is CCn1c(=O)c(-c2ccc(-c3ccccc3C)cc2Cl)cc2cnc(N[C@@H]3CCOC3)nc21. The van der Waals surface area contributed by atoms with Crippen molar-refractivity contribution in [2.45, 2.75) is 32.9 Å². The zero-order chi connectivity index (χ0) is 22.9. The van der Waals surface area contributed by atoms with Crippen molar-refractivity contribution < 1.29 is 4.74 Å². The Hall–Kier alpha value is -3.22. The molecule has 168 valence electrons. The monoisotopic (exact) mass is 460 g/mol. The average Bonchev–Trinajstić information content (AvgIpc) is 3.32. The minimum Gasteiger partial charge on any atom is -0.379 e. The smallest absolute Gasteiger partial charge is 0.260 e. The van der Waals surface area contributed by atoms with Gasteiger partial charge in [-0.05, 0) is 49.1 Å². The standard InChI is InChI=1S/C26H25ClN4O2/c1-3-31-24-18(14-28-26(30-24)29-19-10-11-33-15-19)12-22(25(31)32)21-9-8-17(13-23(21)27)20-7-5-4-6-16(20)2/h4-9,12-14,19H,3,10-11,15H2,1-2H3,(H,28,29,30)/t19-/m1/s1.